The number of ether oxygens (including phenoxy) is 1. The maximum atomic E-state index is 12.0. The number of hydrogen-bond donors (Lipinski definition) is 1. The van der Waals surface area contributed by atoms with E-state index >= 15 is 0 Å². The van der Waals surface area contributed by atoms with Crippen molar-refractivity contribution in [2.75, 3.05) is 11.9 Å². The summed E-state index contributed by atoms with van der Waals surface area (Å²) in [5.74, 6) is 1.65. The monoisotopic (exact) mass is 301 g/mol. The molecule has 0 saturated heterocycles. The molecule has 1 atom stereocenters. The van der Waals surface area contributed by atoms with E-state index < -0.39 is 0 Å². The first-order valence-corrected chi connectivity index (χ1v) is 7.53. The molecule has 5 nitrogen and oxygen atoms in total. The van der Waals surface area contributed by atoms with Gasteiger partial charge >= 0.3 is 0 Å². The van der Waals surface area contributed by atoms with Crippen LogP contribution in [0.15, 0.2) is 30.3 Å². The van der Waals surface area contributed by atoms with Crippen LogP contribution in [0, 0.1) is 6.92 Å². The number of para-hydroxylation sites is 1. The fourth-order valence-electron chi connectivity index (χ4n) is 2.29. The molecule has 118 valence electrons. The number of anilines is 1. The minimum Gasteiger partial charge on any atom is -0.483 e. The maximum absolute atomic E-state index is 12.0. The minimum atomic E-state index is -0.193. The van der Waals surface area contributed by atoms with Crippen LogP contribution < -0.4 is 10.1 Å². The first-order valence-electron chi connectivity index (χ1n) is 7.53. The van der Waals surface area contributed by atoms with Gasteiger partial charge in [0, 0.05) is 13.1 Å². The van der Waals surface area contributed by atoms with Crippen molar-refractivity contribution < 1.29 is 9.53 Å². The van der Waals surface area contributed by atoms with Crippen LogP contribution in [0.2, 0.25) is 0 Å². The summed E-state index contributed by atoms with van der Waals surface area (Å²) in [4.78, 5) is 12.0. The van der Waals surface area contributed by atoms with Gasteiger partial charge in [0.25, 0.3) is 5.91 Å². The summed E-state index contributed by atoms with van der Waals surface area (Å²) in [7, 11) is 1.79. The van der Waals surface area contributed by atoms with Crippen LogP contribution in [0.1, 0.15) is 37.4 Å². The molecule has 0 aliphatic rings. The van der Waals surface area contributed by atoms with Crippen molar-refractivity contribution in [2.45, 2.75) is 33.1 Å². The van der Waals surface area contributed by atoms with Crippen LogP contribution in [-0.4, -0.2) is 22.3 Å². The van der Waals surface area contributed by atoms with Gasteiger partial charge in [-0.25, -0.2) is 0 Å². The van der Waals surface area contributed by atoms with Gasteiger partial charge in [-0.15, -0.1) is 0 Å². The molecule has 2 aromatic rings. The average Bonchev–Trinajstić information content (AvgIpc) is 2.82. The Kier molecular flexibility index (Phi) is 5.20. The normalized spacial score (nSPS) is 12.0. The predicted molar refractivity (Wildman–Crippen MR) is 87.2 cm³/mol. The lowest BCUT2D eigenvalue weighted by Crippen LogP contribution is -2.22. The Morgan fingerprint density at radius 2 is 2.14 bits per heavy atom. The molecule has 0 aliphatic carbocycles. The molecule has 1 heterocycles. The third-order valence-corrected chi connectivity index (χ3v) is 3.69. The van der Waals surface area contributed by atoms with Crippen molar-refractivity contribution in [3.05, 3.63) is 41.6 Å². The second-order valence-electron chi connectivity index (χ2n) is 5.48. The molecule has 0 aliphatic heterocycles. The number of carbonyl (C=O) groups excluding carboxylic acids is 1. The standard InChI is InChI=1S/C17H23N3O2/c1-5-12(2)14-8-6-7-9-15(14)22-11-17(21)18-16-10-13(3)19-20(16)4/h6-10,12H,5,11H2,1-4H3,(H,18,21). The van der Waals surface area contributed by atoms with E-state index in [1.807, 2.05) is 37.3 Å². The number of nitrogens with one attached hydrogen (secondary N) is 1. The molecule has 1 unspecified atom stereocenters. The zero-order chi connectivity index (χ0) is 16.1. The highest BCUT2D eigenvalue weighted by molar-refractivity contribution is 5.91. The van der Waals surface area contributed by atoms with Gasteiger partial charge in [-0.05, 0) is 30.9 Å². The van der Waals surface area contributed by atoms with Crippen LogP contribution >= 0.6 is 0 Å². The zero-order valence-corrected chi connectivity index (χ0v) is 13.6. The lowest BCUT2D eigenvalue weighted by molar-refractivity contribution is -0.118. The summed E-state index contributed by atoms with van der Waals surface area (Å²) in [5, 5.41) is 6.99. The van der Waals surface area contributed by atoms with E-state index in [1.165, 1.54) is 0 Å². The Balaban J connectivity index is 1.98. The first-order chi connectivity index (χ1) is 10.5. The van der Waals surface area contributed by atoms with Crippen LogP contribution in [0.25, 0.3) is 0 Å². The smallest absolute Gasteiger partial charge is 0.263 e. The number of aryl methyl sites for hydroxylation is 2. The van der Waals surface area contributed by atoms with Crippen LogP contribution in [0.5, 0.6) is 5.75 Å². The van der Waals surface area contributed by atoms with Gasteiger partial charge in [0.05, 0.1) is 5.69 Å². The minimum absolute atomic E-state index is 0.0162. The molecule has 0 fully saturated rings. The number of amides is 1. The molecule has 0 spiro atoms. The van der Waals surface area contributed by atoms with Gasteiger partial charge in [0.15, 0.2) is 6.61 Å². The van der Waals surface area contributed by atoms with Crippen molar-refractivity contribution in [3.8, 4) is 5.75 Å². The second kappa shape index (κ2) is 7.11. The van der Waals surface area contributed by atoms with Gasteiger partial charge in [0.2, 0.25) is 0 Å². The Morgan fingerprint density at radius 3 is 2.77 bits per heavy atom. The van der Waals surface area contributed by atoms with E-state index in [1.54, 1.807) is 11.7 Å². The maximum Gasteiger partial charge on any atom is 0.263 e. The highest BCUT2D eigenvalue weighted by Gasteiger charge is 2.12. The van der Waals surface area contributed by atoms with E-state index in [-0.39, 0.29) is 12.5 Å². The summed E-state index contributed by atoms with van der Waals surface area (Å²) in [6, 6.07) is 9.69. The van der Waals surface area contributed by atoms with Crippen molar-refractivity contribution in [3.63, 3.8) is 0 Å². The fourth-order valence-corrected chi connectivity index (χ4v) is 2.29. The molecule has 2 rings (SSSR count). The summed E-state index contributed by atoms with van der Waals surface area (Å²) in [6.07, 6.45) is 1.03. The number of aromatic nitrogens is 2. The van der Waals surface area contributed by atoms with Gasteiger partial charge in [-0.1, -0.05) is 32.0 Å². The lowest BCUT2D eigenvalue weighted by atomic mass is 9.98. The summed E-state index contributed by atoms with van der Waals surface area (Å²) >= 11 is 0. The van der Waals surface area contributed by atoms with E-state index in [4.69, 9.17) is 4.74 Å². The molecular formula is C17H23N3O2. The molecule has 22 heavy (non-hydrogen) atoms. The Hall–Kier alpha value is -2.30. The molecule has 0 saturated carbocycles. The van der Waals surface area contributed by atoms with E-state index in [0.29, 0.717) is 11.7 Å². The fraction of sp³-hybridized carbons (Fsp3) is 0.412. The third kappa shape index (κ3) is 3.87. The summed E-state index contributed by atoms with van der Waals surface area (Å²) < 4.78 is 7.34. The van der Waals surface area contributed by atoms with E-state index in [2.05, 4.69) is 24.3 Å². The lowest BCUT2D eigenvalue weighted by Gasteiger charge is -2.15. The van der Waals surface area contributed by atoms with Crippen molar-refractivity contribution in [1.29, 1.82) is 0 Å². The number of nitrogens with zero attached hydrogens (tertiary/aromatic N) is 2. The van der Waals surface area contributed by atoms with Crippen molar-refractivity contribution in [1.82, 2.24) is 9.78 Å². The number of benzene rings is 1. The van der Waals surface area contributed by atoms with Gasteiger partial charge in [-0.2, -0.15) is 5.10 Å². The van der Waals surface area contributed by atoms with Gasteiger partial charge < -0.3 is 10.1 Å². The molecule has 1 amide bonds. The zero-order valence-electron chi connectivity index (χ0n) is 13.6. The molecule has 1 aromatic heterocycles. The molecule has 1 N–H and O–H groups in total. The number of carbonyl (C=O) groups is 1. The Morgan fingerprint density at radius 1 is 1.41 bits per heavy atom. The highest BCUT2D eigenvalue weighted by atomic mass is 16.5. The van der Waals surface area contributed by atoms with Crippen molar-refractivity contribution in [2.24, 2.45) is 7.05 Å². The Bertz CT molecular complexity index is 649. The molecular weight excluding hydrogens is 278 g/mol. The van der Waals surface area contributed by atoms with Crippen LogP contribution in [0.3, 0.4) is 0 Å². The SMILES string of the molecule is CCC(C)c1ccccc1OCC(=O)Nc1cc(C)nn1C. The van der Waals surface area contributed by atoms with E-state index in [9.17, 15) is 4.79 Å². The van der Waals surface area contributed by atoms with Crippen LogP contribution in [-0.2, 0) is 11.8 Å². The van der Waals surface area contributed by atoms with Gasteiger partial charge in [-0.3, -0.25) is 9.48 Å². The second-order valence-corrected chi connectivity index (χ2v) is 5.48. The first kappa shape index (κ1) is 16.1. The third-order valence-electron chi connectivity index (χ3n) is 3.69. The van der Waals surface area contributed by atoms with Crippen molar-refractivity contribution >= 4 is 11.7 Å². The Labute approximate surface area is 131 Å². The molecule has 0 bridgehead atoms. The molecule has 1 aromatic carbocycles. The largest absolute Gasteiger partial charge is 0.483 e. The van der Waals surface area contributed by atoms with Crippen LogP contribution in [0.4, 0.5) is 5.82 Å². The predicted octanol–water partition coefficient (Wildman–Crippen LogP) is 3.26. The van der Waals surface area contributed by atoms with Gasteiger partial charge in [0.1, 0.15) is 11.6 Å². The summed E-state index contributed by atoms with van der Waals surface area (Å²) in [5.41, 5.74) is 2.00. The average molecular weight is 301 g/mol. The number of rotatable bonds is 6. The quantitative estimate of drug-likeness (QED) is 0.891. The summed E-state index contributed by atoms with van der Waals surface area (Å²) in [6.45, 7) is 6.16. The molecule has 5 heteroatoms. The molecule has 0 radical (unpaired) electrons. The van der Waals surface area contributed by atoms with E-state index in [0.717, 1.165) is 23.4 Å². The topological polar surface area (TPSA) is 56.1 Å². The highest BCUT2D eigenvalue weighted by Crippen LogP contribution is 2.28. The number of hydrogen-bond acceptors (Lipinski definition) is 3.